The number of benzene rings is 2. The lowest BCUT2D eigenvalue weighted by atomic mass is 10.1. The van der Waals surface area contributed by atoms with Gasteiger partial charge in [-0.2, -0.15) is 0 Å². The van der Waals surface area contributed by atoms with Crippen molar-refractivity contribution in [2.75, 3.05) is 18.4 Å². The molecule has 2 N–H and O–H groups in total. The average Bonchev–Trinajstić information content (AvgIpc) is 3.36. The van der Waals surface area contributed by atoms with E-state index in [1.165, 1.54) is 0 Å². The fourth-order valence-electron chi connectivity index (χ4n) is 2.70. The first kappa shape index (κ1) is 15.1. The van der Waals surface area contributed by atoms with Crippen LogP contribution in [-0.4, -0.2) is 34.4 Å². The molecule has 25 heavy (non-hydrogen) atoms. The largest absolute Gasteiger partial charge is 0.368 e. The minimum absolute atomic E-state index is 0.138. The van der Waals surface area contributed by atoms with Gasteiger partial charge < -0.3 is 15.2 Å². The maximum Gasteiger partial charge on any atom is 0.255 e. The van der Waals surface area contributed by atoms with Crippen LogP contribution in [0, 0.1) is 0 Å². The van der Waals surface area contributed by atoms with Gasteiger partial charge in [-0.1, -0.05) is 0 Å². The van der Waals surface area contributed by atoms with Crippen LogP contribution in [0.25, 0.3) is 5.69 Å². The number of carbonyl (C=O) groups excluding carboxylic acids is 1. The first-order chi connectivity index (χ1) is 12.3. The van der Waals surface area contributed by atoms with E-state index in [1.54, 1.807) is 24.7 Å². The van der Waals surface area contributed by atoms with E-state index in [9.17, 15) is 4.79 Å². The number of amidine groups is 1. The Morgan fingerprint density at radius 1 is 1.08 bits per heavy atom. The number of carbonyl (C=O) groups is 1. The van der Waals surface area contributed by atoms with Gasteiger partial charge in [0.15, 0.2) is 0 Å². The molecule has 6 heteroatoms. The molecule has 1 amide bonds. The zero-order chi connectivity index (χ0) is 17.1. The number of nitrogens with zero attached hydrogens (tertiary/aromatic N) is 3. The molecule has 1 aliphatic rings. The smallest absolute Gasteiger partial charge is 0.255 e. The zero-order valence-electron chi connectivity index (χ0n) is 13.5. The number of hydrogen-bond donors (Lipinski definition) is 2. The van der Waals surface area contributed by atoms with Gasteiger partial charge in [0.05, 0.1) is 12.9 Å². The van der Waals surface area contributed by atoms with Gasteiger partial charge in [-0.05, 0) is 48.5 Å². The highest BCUT2D eigenvalue weighted by Crippen LogP contribution is 2.14. The number of hydrogen-bond acceptors (Lipinski definition) is 4. The zero-order valence-corrected chi connectivity index (χ0v) is 13.5. The van der Waals surface area contributed by atoms with Gasteiger partial charge >= 0.3 is 0 Å². The van der Waals surface area contributed by atoms with Crippen LogP contribution < -0.4 is 10.6 Å². The molecule has 124 valence electrons. The summed E-state index contributed by atoms with van der Waals surface area (Å²) < 4.78 is 1.89. The Morgan fingerprint density at radius 3 is 2.52 bits per heavy atom. The molecule has 0 fully saturated rings. The number of anilines is 1. The van der Waals surface area contributed by atoms with Gasteiger partial charge in [0.2, 0.25) is 0 Å². The minimum Gasteiger partial charge on any atom is -0.368 e. The number of aliphatic imine (C=N–C) groups is 1. The average molecular weight is 331 g/mol. The van der Waals surface area contributed by atoms with Crippen molar-refractivity contribution in [2.24, 2.45) is 4.99 Å². The molecular formula is C19H17N5O. The summed E-state index contributed by atoms with van der Waals surface area (Å²) in [4.78, 5) is 20.8. The summed E-state index contributed by atoms with van der Waals surface area (Å²) in [6, 6.07) is 15.1. The van der Waals surface area contributed by atoms with Crippen molar-refractivity contribution in [3.63, 3.8) is 0 Å². The normalized spacial score (nSPS) is 13.2. The Morgan fingerprint density at radius 2 is 1.88 bits per heavy atom. The summed E-state index contributed by atoms with van der Waals surface area (Å²) in [5.74, 6) is 0.772. The van der Waals surface area contributed by atoms with E-state index in [0.29, 0.717) is 5.56 Å². The van der Waals surface area contributed by atoms with Crippen molar-refractivity contribution in [3.05, 3.63) is 78.4 Å². The van der Waals surface area contributed by atoms with Crippen LogP contribution in [0.3, 0.4) is 0 Å². The van der Waals surface area contributed by atoms with Crippen molar-refractivity contribution in [1.29, 1.82) is 0 Å². The Balaban J connectivity index is 1.44. The lowest BCUT2D eigenvalue weighted by molar-refractivity contribution is 0.102. The molecule has 4 rings (SSSR count). The standard InChI is InChI=1S/C19H17N5O/c25-19(15-3-7-17(8-4-15)24-12-11-20-13-24)23-16-5-1-14(2-6-16)18-21-9-10-22-18/h1-8,11-13H,9-10H2,(H,21,22)(H,23,25). The fourth-order valence-corrected chi connectivity index (χ4v) is 2.70. The van der Waals surface area contributed by atoms with Crippen LogP contribution in [0.5, 0.6) is 0 Å². The van der Waals surface area contributed by atoms with E-state index in [0.717, 1.165) is 35.9 Å². The summed E-state index contributed by atoms with van der Waals surface area (Å²) in [7, 11) is 0. The van der Waals surface area contributed by atoms with Crippen molar-refractivity contribution in [2.45, 2.75) is 0 Å². The summed E-state index contributed by atoms with van der Waals surface area (Å²) in [6.45, 7) is 1.69. The number of amides is 1. The highest BCUT2D eigenvalue weighted by Gasteiger charge is 2.09. The highest BCUT2D eigenvalue weighted by atomic mass is 16.1. The summed E-state index contributed by atoms with van der Waals surface area (Å²) in [5.41, 5.74) is 3.35. The SMILES string of the molecule is O=C(Nc1ccc(C2=NCCN2)cc1)c1ccc(-n2ccnc2)cc1. The molecule has 3 aromatic rings. The minimum atomic E-state index is -0.138. The lowest BCUT2D eigenvalue weighted by Crippen LogP contribution is -2.19. The molecule has 0 saturated carbocycles. The van der Waals surface area contributed by atoms with E-state index in [-0.39, 0.29) is 5.91 Å². The molecule has 1 aliphatic heterocycles. The molecule has 2 heterocycles. The van der Waals surface area contributed by atoms with E-state index >= 15 is 0 Å². The monoisotopic (exact) mass is 331 g/mol. The first-order valence-electron chi connectivity index (χ1n) is 8.08. The van der Waals surface area contributed by atoms with Crippen LogP contribution in [0.4, 0.5) is 5.69 Å². The van der Waals surface area contributed by atoms with Gasteiger partial charge in [0.1, 0.15) is 5.84 Å². The van der Waals surface area contributed by atoms with Crippen molar-refractivity contribution in [3.8, 4) is 5.69 Å². The maximum atomic E-state index is 12.4. The molecular weight excluding hydrogens is 314 g/mol. The van der Waals surface area contributed by atoms with Crippen LogP contribution in [0.2, 0.25) is 0 Å². The van der Waals surface area contributed by atoms with Crippen molar-refractivity contribution in [1.82, 2.24) is 14.9 Å². The Kier molecular flexibility index (Phi) is 4.00. The summed E-state index contributed by atoms with van der Waals surface area (Å²) >= 11 is 0. The third-order valence-corrected chi connectivity index (χ3v) is 4.02. The van der Waals surface area contributed by atoms with Crippen LogP contribution in [0.15, 0.2) is 72.2 Å². The molecule has 0 spiro atoms. The molecule has 0 radical (unpaired) electrons. The lowest BCUT2D eigenvalue weighted by Gasteiger charge is -2.08. The third kappa shape index (κ3) is 3.28. The van der Waals surface area contributed by atoms with E-state index in [4.69, 9.17) is 0 Å². The molecule has 0 aliphatic carbocycles. The second kappa shape index (κ2) is 6.60. The van der Waals surface area contributed by atoms with Crippen LogP contribution >= 0.6 is 0 Å². The van der Waals surface area contributed by atoms with Gasteiger partial charge in [0.25, 0.3) is 5.91 Å². The highest BCUT2D eigenvalue weighted by molar-refractivity contribution is 6.05. The van der Waals surface area contributed by atoms with Crippen LogP contribution in [0.1, 0.15) is 15.9 Å². The summed E-state index contributed by atoms with van der Waals surface area (Å²) in [6.07, 6.45) is 5.30. The molecule has 2 aromatic carbocycles. The number of imidazole rings is 1. The Bertz CT molecular complexity index is 896. The fraction of sp³-hybridized carbons (Fsp3) is 0.105. The predicted octanol–water partition coefficient (Wildman–Crippen LogP) is 2.47. The predicted molar refractivity (Wildman–Crippen MR) is 97.4 cm³/mol. The van der Waals surface area contributed by atoms with Crippen molar-refractivity contribution < 1.29 is 4.79 Å². The van der Waals surface area contributed by atoms with Crippen LogP contribution in [-0.2, 0) is 0 Å². The van der Waals surface area contributed by atoms with Gasteiger partial charge in [0, 0.05) is 41.4 Å². The Hall–Kier alpha value is -3.41. The number of nitrogens with one attached hydrogen (secondary N) is 2. The quantitative estimate of drug-likeness (QED) is 0.771. The Labute approximate surface area is 145 Å². The van der Waals surface area contributed by atoms with E-state index < -0.39 is 0 Å². The van der Waals surface area contributed by atoms with E-state index in [1.807, 2.05) is 47.2 Å². The molecule has 1 aromatic heterocycles. The second-order valence-electron chi connectivity index (χ2n) is 5.71. The third-order valence-electron chi connectivity index (χ3n) is 4.02. The number of rotatable bonds is 4. The van der Waals surface area contributed by atoms with Gasteiger partial charge in [-0.3, -0.25) is 9.79 Å². The molecule has 0 atom stereocenters. The maximum absolute atomic E-state index is 12.4. The molecule has 0 bridgehead atoms. The second-order valence-corrected chi connectivity index (χ2v) is 5.71. The molecule has 6 nitrogen and oxygen atoms in total. The van der Waals surface area contributed by atoms with Crippen molar-refractivity contribution >= 4 is 17.4 Å². The summed E-state index contributed by atoms with van der Waals surface area (Å²) in [5, 5.41) is 6.14. The molecule has 0 unspecified atom stereocenters. The topological polar surface area (TPSA) is 71.3 Å². The van der Waals surface area contributed by atoms with Gasteiger partial charge in [-0.15, -0.1) is 0 Å². The first-order valence-corrected chi connectivity index (χ1v) is 8.08. The number of aromatic nitrogens is 2. The van der Waals surface area contributed by atoms with E-state index in [2.05, 4.69) is 20.6 Å². The van der Waals surface area contributed by atoms with Gasteiger partial charge in [-0.25, -0.2) is 4.98 Å². The molecule has 0 saturated heterocycles.